The van der Waals surface area contributed by atoms with Crippen molar-refractivity contribution in [1.29, 1.82) is 0 Å². The van der Waals surface area contributed by atoms with Crippen LogP contribution < -0.4 is 9.47 Å². The van der Waals surface area contributed by atoms with E-state index in [9.17, 15) is 8.42 Å². The quantitative estimate of drug-likeness (QED) is 0.385. The first-order valence-corrected chi connectivity index (χ1v) is 13.7. The maximum Gasteiger partial charge on any atom is 0.262 e. The Kier molecular flexibility index (Phi) is 8.02. The van der Waals surface area contributed by atoms with Crippen LogP contribution in [0.2, 0.25) is 0 Å². The van der Waals surface area contributed by atoms with E-state index < -0.39 is 10.0 Å². The predicted molar refractivity (Wildman–Crippen MR) is 140 cm³/mol. The van der Waals surface area contributed by atoms with Gasteiger partial charge in [-0.05, 0) is 81.2 Å². The first-order chi connectivity index (χ1) is 17.2. The third kappa shape index (κ3) is 6.08. The molecular weight excluding hydrogens is 476 g/mol. The standard InChI is InChI=1S/C27H36N4O4S/c1-27(2,21-29-16-5-6-17-29)31-18-15-26(28-31)36(32,33)30(19-22-7-11-24(34-3)12-8-22)20-23-9-13-25(35-4)14-10-23/h7-15,18H,5-6,16-17,19-21H2,1-4H3. The summed E-state index contributed by atoms with van der Waals surface area (Å²) in [5, 5.41) is 4.63. The second kappa shape index (κ2) is 11.0. The highest BCUT2D eigenvalue weighted by atomic mass is 32.2. The summed E-state index contributed by atoms with van der Waals surface area (Å²) in [6.07, 6.45) is 4.20. The molecule has 0 unspecified atom stereocenters. The van der Waals surface area contributed by atoms with Crippen molar-refractivity contribution in [3.05, 3.63) is 71.9 Å². The second-order valence-corrected chi connectivity index (χ2v) is 11.7. The number of sulfonamides is 1. The van der Waals surface area contributed by atoms with Gasteiger partial charge >= 0.3 is 0 Å². The summed E-state index contributed by atoms with van der Waals surface area (Å²) in [7, 11) is -0.654. The van der Waals surface area contributed by atoms with Crippen LogP contribution in [-0.2, 0) is 28.7 Å². The number of hydrogen-bond acceptors (Lipinski definition) is 6. The average molecular weight is 513 g/mol. The van der Waals surface area contributed by atoms with Crippen LogP contribution in [-0.4, -0.2) is 61.3 Å². The van der Waals surface area contributed by atoms with Crippen LogP contribution in [0.5, 0.6) is 11.5 Å². The van der Waals surface area contributed by atoms with Gasteiger partial charge < -0.3 is 14.4 Å². The van der Waals surface area contributed by atoms with Crippen LogP contribution in [0, 0.1) is 0 Å². The molecule has 1 saturated heterocycles. The zero-order valence-electron chi connectivity index (χ0n) is 21.6. The van der Waals surface area contributed by atoms with Crippen molar-refractivity contribution in [2.75, 3.05) is 33.9 Å². The summed E-state index contributed by atoms with van der Waals surface area (Å²) >= 11 is 0. The van der Waals surface area contributed by atoms with Gasteiger partial charge in [-0.3, -0.25) is 4.68 Å². The average Bonchev–Trinajstić information content (AvgIpc) is 3.57. The lowest BCUT2D eigenvalue weighted by atomic mass is 10.1. The zero-order chi connectivity index (χ0) is 25.8. The monoisotopic (exact) mass is 512 g/mol. The summed E-state index contributed by atoms with van der Waals surface area (Å²) in [4.78, 5) is 2.41. The molecule has 1 aliphatic heterocycles. The lowest BCUT2D eigenvalue weighted by molar-refractivity contribution is 0.195. The Morgan fingerprint density at radius 1 is 0.861 bits per heavy atom. The zero-order valence-corrected chi connectivity index (χ0v) is 22.4. The summed E-state index contributed by atoms with van der Waals surface area (Å²) < 4.78 is 41.5. The molecule has 0 amide bonds. The number of likely N-dealkylation sites (tertiary alicyclic amines) is 1. The highest BCUT2D eigenvalue weighted by Crippen LogP contribution is 2.25. The maximum atomic E-state index is 13.9. The lowest BCUT2D eigenvalue weighted by Gasteiger charge is -2.30. The van der Waals surface area contributed by atoms with Gasteiger partial charge in [-0.25, -0.2) is 8.42 Å². The first kappa shape index (κ1) is 26.2. The van der Waals surface area contributed by atoms with E-state index in [4.69, 9.17) is 9.47 Å². The van der Waals surface area contributed by atoms with Crippen molar-refractivity contribution in [3.8, 4) is 11.5 Å². The Morgan fingerprint density at radius 2 is 1.36 bits per heavy atom. The lowest BCUT2D eigenvalue weighted by Crippen LogP contribution is -2.40. The Morgan fingerprint density at radius 3 is 1.83 bits per heavy atom. The topological polar surface area (TPSA) is 76.9 Å². The van der Waals surface area contributed by atoms with E-state index >= 15 is 0 Å². The molecule has 194 valence electrons. The van der Waals surface area contributed by atoms with Crippen molar-refractivity contribution < 1.29 is 17.9 Å². The molecule has 4 rings (SSSR count). The number of aromatic nitrogens is 2. The fourth-order valence-electron chi connectivity index (χ4n) is 4.57. The first-order valence-electron chi connectivity index (χ1n) is 12.3. The van der Waals surface area contributed by atoms with E-state index in [1.165, 1.54) is 17.1 Å². The largest absolute Gasteiger partial charge is 0.497 e. The number of rotatable bonds is 11. The summed E-state index contributed by atoms with van der Waals surface area (Å²) in [5.41, 5.74) is 1.40. The van der Waals surface area contributed by atoms with Crippen LogP contribution >= 0.6 is 0 Å². The minimum Gasteiger partial charge on any atom is -0.497 e. The van der Waals surface area contributed by atoms with E-state index in [0.29, 0.717) is 0 Å². The van der Waals surface area contributed by atoms with Crippen molar-refractivity contribution >= 4 is 10.0 Å². The van der Waals surface area contributed by atoms with Gasteiger partial charge in [0.25, 0.3) is 10.0 Å². The summed E-state index contributed by atoms with van der Waals surface area (Å²) in [5.74, 6) is 1.45. The van der Waals surface area contributed by atoms with E-state index in [2.05, 4.69) is 23.8 Å². The number of nitrogens with zero attached hydrogens (tertiary/aromatic N) is 4. The molecule has 0 N–H and O–H groups in total. The minimum absolute atomic E-state index is 0.0546. The molecule has 2 aromatic carbocycles. The molecule has 8 nitrogen and oxygen atoms in total. The number of benzene rings is 2. The summed E-state index contributed by atoms with van der Waals surface area (Å²) in [6.45, 7) is 7.60. The molecule has 3 aromatic rings. The third-order valence-corrected chi connectivity index (χ3v) is 8.32. The maximum absolute atomic E-state index is 13.9. The minimum atomic E-state index is -3.87. The van der Waals surface area contributed by atoms with Gasteiger partial charge in [0.05, 0.1) is 19.8 Å². The van der Waals surface area contributed by atoms with E-state index in [0.717, 1.165) is 42.3 Å². The molecule has 9 heteroatoms. The van der Waals surface area contributed by atoms with Crippen LogP contribution in [0.4, 0.5) is 0 Å². The Labute approximate surface area is 214 Å². The molecule has 2 heterocycles. The molecular formula is C27H36N4O4S. The molecule has 0 aliphatic carbocycles. The fourth-order valence-corrected chi connectivity index (χ4v) is 5.90. The normalized spacial score (nSPS) is 14.9. The van der Waals surface area contributed by atoms with Gasteiger partial charge in [0.1, 0.15) is 11.5 Å². The van der Waals surface area contributed by atoms with Crippen LogP contribution in [0.15, 0.2) is 65.8 Å². The second-order valence-electron chi connectivity index (χ2n) is 9.86. The number of hydrogen-bond donors (Lipinski definition) is 0. The highest BCUT2D eigenvalue weighted by molar-refractivity contribution is 7.89. The molecule has 1 aliphatic rings. The highest BCUT2D eigenvalue weighted by Gasteiger charge is 2.31. The predicted octanol–water partition coefficient (Wildman–Crippen LogP) is 4.12. The Balaban J connectivity index is 1.61. The third-order valence-electron chi connectivity index (χ3n) is 6.63. The van der Waals surface area contributed by atoms with Crippen LogP contribution in [0.1, 0.15) is 37.8 Å². The molecule has 0 atom stereocenters. The Bertz CT molecular complexity index is 1180. The van der Waals surface area contributed by atoms with Gasteiger partial charge in [-0.15, -0.1) is 0 Å². The van der Waals surface area contributed by atoms with Crippen molar-refractivity contribution in [2.24, 2.45) is 0 Å². The van der Waals surface area contributed by atoms with Crippen LogP contribution in [0.25, 0.3) is 0 Å². The van der Waals surface area contributed by atoms with Gasteiger partial charge in [0.15, 0.2) is 5.03 Å². The molecule has 1 fully saturated rings. The fraction of sp³-hybridized carbons (Fsp3) is 0.444. The SMILES string of the molecule is COc1ccc(CN(Cc2ccc(OC)cc2)S(=O)(=O)c2ccn(C(C)(C)CN3CCCC3)n2)cc1. The Hall–Kier alpha value is -2.88. The molecule has 0 spiro atoms. The molecule has 0 bridgehead atoms. The summed E-state index contributed by atoms with van der Waals surface area (Å²) in [6, 6.07) is 16.5. The molecule has 36 heavy (non-hydrogen) atoms. The van der Waals surface area contributed by atoms with Gasteiger partial charge in [-0.1, -0.05) is 24.3 Å². The van der Waals surface area contributed by atoms with E-state index in [-0.39, 0.29) is 23.7 Å². The van der Waals surface area contributed by atoms with Gasteiger partial charge in [0, 0.05) is 25.8 Å². The van der Waals surface area contributed by atoms with Gasteiger partial charge in [0.2, 0.25) is 0 Å². The van der Waals surface area contributed by atoms with Crippen LogP contribution in [0.3, 0.4) is 0 Å². The molecule has 0 saturated carbocycles. The molecule has 0 radical (unpaired) electrons. The van der Waals surface area contributed by atoms with Crippen molar-refractivity contribution in [3.63, 3.8) is 0 Å². The van der Waals surface area contributed by atoms with Crippen molar-refractivity contribution in [1.82, 2.24) is 19.0 Å². The van der Waals surface area contributed by atoms with Crippen molar-refractivity contribution in [2.45, 2.75) is 50.3 Å². The molecule has 1 aromatic heterocycles. The van der Waals surface area contributed by atoms with E-state index in [1.54, 1.807) is 31.2 Å². The number of ether oxygens (including phenoxy) is 2. The smallest absolute Gasteiger partial charge is 0.262 e. The van der Waals surface area contributed by atoms with Gasteiger partial charge in [-0.2, -0.15) is 9.40 Å². The van der Waals surface area contributed by atoms with E-state index in [1.807, 2.05) is 48.5 Å². The number of methoxy groups -OCH3 is 2.